The summed E-state index contributed by atoms with van der Waals surface area (Å²) >= 11 is 0. The van der Waals surface area contributed by atoms with Gasteiger partial charge in [0.15, 0.2) is 5.82 Å². The van der Waals surface area contributed by atoms with Crippen LogP contribution >= 0.6 is 0 Å². The number of aryl methyl sites for hydroxylation is 1. The van der Waals surface area contributed by atoms with Crippen molar-refractivity contribution in [2.24, 2.45) is 13.0 Å². The minimum atomic E-state index is -0.433. The molecule has 2 aromatic rings. The zero-order valence-corrected chi connectivity index (χ0v) is 15.6. The van der Waals surface area contributed by atoms with Gasteiger partial charge in [-0.3, -0.25) is 14.4 Å². The number of halogens is 1. The first-order valence-corrected chi connectivity index (χ1v) is 9.19. The van der Waals surface area contributed by atoms with Crippen molar-refractivity contribution < 1.29 is 13.9 Å². The average Bonchev–Trinajstić information content (AvgIpc) is 3.06. The van der Waals surface area contributed by atoms with Crippen molar-refractivity contribution in [3.8, 4) is 5.88 Å². The lowest BCUT2D eigenvalue weighted by molar-refractivity contribution is -0.0696. The molecule has 144 valence electrons. The first kappa shape index (κ1) is 17.9. The van der Waals surface area contributed by atoms with Gasteiger partial charge in [0.05, 0.1) is 23.9 Å². The topological polar surface area (TPSA) is 63.5 Å². The van der Waals surface area contributed by atoms with Crippen molar-refractivity contribution in [2.45, 2.75) is 18.4 Å². The van der Waals surface area contributed by atoms with E-state index in [1.807, 2.05) is 4.90 Å². The van der Waals surface area contributed by atoms with E-state index in [1.165, 1.54) is 12.3 Å². The Hall–Kier alpha value is -2.48. The van der Waals surface area contributed by atoms with Gasteiger partial charge in [0.2, 0.25) is 5.88 Å². The van der Waals surface area contributed by atoms with Crippen molar-refractivity contribution in [2.75, 3.05) is 33.3 Å². The Morgan fingerprint density at radius 3 is 2.93 bits per heavy atom. The largest absolute Gasteiger partial charge is 0.475 e. The first-order chi connectivity index (χ1) is 13.0. The van der Waals surface area contributed by atoms with Crippen molar-refractivity contribution in [3.05, 3.63) is 42.1 Å². The predicted molar refractivity (Wildman–Crippen MR) is 96.9 cm³/mol. The van der Waals surface area contributed by atoms with Gasteiger partial charge < -0.3 is 9.64 Å². The van der Waals surface area contributed by atoms with Gasteiger partial charge in [0.1, 0.15) is 0 Å². The van der Waals surface area contributed by atoms with Gasteiger partial charge in [-0.1, -0.05) is 0 Å². The number of hydrogen-bond acceptors (Lipinski definition) is 5. The zero-order valence-electron chi connectivity index (χ0n) is 15.6. The highest BCUT2D eigenvalue weighted by molar-refractivity contribution is 5.94. The van der Waals surface area contributed by atoms with Crippen LogP contribution in [0.15, 0.2) is 30.7 Å². The highest BCUT2D eigenvalue weighted by Gasteiger charge is 2.51. The van der Waals surface area contributed by atoms with E-state index in [2.05, 4.69) is 22.0 Å². The summed E-state index contributed by atoms with van der Waals surface area (Å²) in [6.45, 7) is 2.78. The van der Waals surface area contributed by atoms with E-state index in [4.69, 9.17) is 4.74 Å². The normalized spacial score (nSPS) is 21.9. The first-order valence-electron chi connectivity index (χ1n) is 9.19. The maximum absolute atomic E-state index is 13.7. The fraction of sp³-hybridized carbons (Fsp3) is 0.526. The summed E-state index contributed by atoms with van der Waals surface area (Å²) in [6.07, 6.45) is 6.80. The van der Waals surface area contributed by atoms with Crippen LogP contribution in [0.25, 0.3) is 0 Å². The van der Waals surface area contributed by atoms with Crippen molar-refractivity contribution in [3.63, 3.8) is 0 Å². The molecule has 0 N–H and O–H groups in total. The van der Waals surface area contributed by atoms with Crippen LogP contribution < -0.4 is 4.74 Å². The Morgan fingerprint density at radius 1 is 1.41 bits per heavy atom. The molecule has 2 saturated heterocycles. The molecule has 1 spiro atoms. The van der Waals surface area contributed by atoms with Crippen LogP contribution in [-0.2, 0) is 7.05 Å². The summed E-state index contributed by atoms with van der Waals surface area (Å²) in [5.74, 6) is -0.0289. The summed E-state index contributed by atoms with van der Waals surface area (Å²) in [6, 6.07) is 2.90. The SMILES string of the molecule is CN1CC[C@@H](COc2ncccc2F)CC12CN(C(=O)c1cnn(C)c1)C2. The highest BCUT2D eigenvalue weighted by atomic mass is 19.1. The molecule has 0 bridgehead atoms. The van der Waals surface area contributed by atoms with E-state index in [0.717, 1.165) is 19.4 Å². The number of hydrogen-bond donors (Lipinski definition) is 0. The molecule has 2 aromatic heterocycles. The quantitative estimate of drug-likeness (QED) is 0.814. The second-order valence-electron chi connectivity index (χ2n) is 7.67. The molecule has 0 aromatic carbocycles. The van der Waals surface area contributed by atoms with Crippen molar-refractivity contribution in [1.29, 1.82) is 0 Å². The van der Waals surface area contributed by atoms with Gasteiger partial charge in [0, 0.05) is 32.5 Å². The third-order valence-electron chi connectivity index (χ3n) is 5.74. The smallest absolute Gasteiger partial charge is 0.257 e. The molecular weight excluding hydrogens is 349 g/mol. The minimum absolute atomic E-state index is 0.0210. The van der Waals surface area contributed by atoms with Crippen LogP contribution in [-0.4, -0.2) is 69.3 Å². The average molecular weight is 373 g/mol. The van der Waals surface area contributed by atoms with Crippen LogP contribution in [0.2, 0.25) is 0 Å². The fourth-order valence-corrected chi connectivity index (χ4v) is 4.12. The van der Waals surface area contributed by atoms with E-state index < -0.39 is 5.82 Å². The molecule has 0 saturated carbocycles. The standard InChI is InChI=1S/C19H24FN5O2/c1-23-7-5-14(11-27-17-16(20)4-3-6-21-17)8-19(23)12-25(13-19)18(26)15-9-22-24(2)10-15/h3-4,6,9-10,14H,5,7-8,11-13H2,1-2H3/t14-/m1/s1. The number of nitrogens with zero attached hydrogens (tertiary/aromatic N) is 5. The van der Waals surface area contributed by atoms with Crippen LogP contribution in [0, 0.1) is 11.7 Å². The van der Waals surface area contributed by atoms with E-state index in [-0.39, 0.29) is 17.3 Å². The lowest BCUT2D eigenvalue weighted by atomic mass is 9.75. The molecule has 2 aliphatic rings. The monoisotopic (exact) mass is 373 g/mol. The molecule has 4 rings (SSSR count). The third kappa shape index (κ3) is 3.41. The number of pyridine rings is 1. The van der Waals surface area contributed by atoms with E-state index in [1.54, 1.807) is 30.2 Å². The number of likely N-dealkylation sites (tertiary alicyclic amines) is 2. The van der Waals surface area contributed by atoms with Gasteiger partial charge >= 0.3 is 0 Å². The van der Waals surface area contributed by atoms with Crippen molar-refractivity contribution in [1.82, 2.24) is 24.6 Å². The molecule has 4 heterocycles. The van der Waals surface area contributed by atoms with Crippen molar-refractivity contribution >= 4 is 5.91 Å². The second kappa shape index (κ2) is 6.92. The summed E-state index contributed by atoms with van der Waals surface area (Å²) in [5.41, 5.74) is 0.601. The number of piperidine rings is 1. The van der Waals surface area contributed by atoms with Gasteiger partial charge in [-0.05, 0) is 44.5 Å². The number of carbonyl (C=O) groups is 1. The maximum atomic E-state index is 13.7. The summed E-state index contributed by atoms with van der Waals surface area (Å²) in [7, 11) is 3.92. The Morgan fingerprint density at radius 2 is 2.22 bits per heavy atom. The van der Waals surface area contributed by atoms with Crippen LogP contribution in [0.4, 0.5) is 4.39 Å². The molecule has 27 heavy (non-hydrogen) atoms. The number of likely N-dealkylation sites (N-methyl/N-ethyl adjacent to an activating group) is 1. The molecule has 1 amide bonds. The lowest BCUT2D eigenvalue weighted by Gasteiger charge is -2.58. The summed E-state index contributed by atoms with van der Waals surface area (Å²) in [5, 5.41) is 4.08. The second-order valence-corrected chi connectivity index (χ2v) is 7.67. The Balaban J connectivity index is 1.36. The molecule has 1 atom stereocenters. The molecule has 7 nitrogen and oxygen atoms in total. The van der Waals surface area contributed by atoms with Gasteiger partial charge in [-0.2, -0.15) is 5.10 Å². The summed E-state index contributed by atoms with van der Waals surface area (Å²) < 4.78 is 21.0. The van der Waals surface area contributed by atoms with Crippen LogP contribution in [0.1, 0.15) is 23.2 Å². The third-order valence-corrected chi connectivity index (χ3v) is 5.74. The predicted octanol–water partition coefficient (Wildman–Crippen LogP) is 1.57. The molecule has 2 fully saturated rings. The highest BCUT2D eigenvalue weighted by Crippen LogP contribution is 2.39. The number of ether oxygens (including phenoxy) is 1. The van der Waals surface area contributed by atoms with Gasteiger partial charge in [-0.15, -0.1) is 0 Å². The lowest BCUT2D eigenvalue weighted by Crippen LogP contribution is -2.72. The molecule has 0 aliphatic carbocycles. The summed E-state index contributed by atoms with van der Waals surface area (Å²) in [4.78, 5) is 20.7. The van der Waals surface area contributed by atoms with Gasteiger partial charge in [-0.25, -0.2) is 9.37 Å². The number of amides is 1. The molecule has 8 heteroatoms. The van der Waals surface area contributed by atoms with E-state index >= 15 is 0 Å². The molecule has 2 aliphatic heterocycles. The maximum Gasteiger partial charge on any atom is 0.257 e. The Labute approximate surface area is 157 Å². The Kier molecular flexibility index (Phi) is 4.59. The van der Waals surface area contributed by atoms with E-state index in [9.17, 15) is 9.18 Å². The minimum Gasteiger partial charge on any atom is -0.475 e. The number of aromatic nitrogens is 3. The van der Waals surface area contributed by atoms with Crippen LogP contribution in [0.5, 0.6) is 5.88 Å². The fourth-order valence-electron chi connectivity index (χ4n) is 4.12. The van der Waals surface area contributed by atoms with Crippen LogP contribution in [0.3, 0.4) is 0 Å². The van der Waals surface area contributed by atoms with Gasteiger partial charge in [0.25, 0.3) is 5.91 Å². The molecule has 0 radical (unpaired) electrons. The Bertz CT molecular complexity index is 833. The molecule has 0 unspecified atom stereocenters. The zero-order chi connectivity index (χ0) is 19.0. The van der Waals surface area contributed by atoms with E-state index in [0.29, 0.717) is 31.2 Å². The molecular formula is C19H24FN5O2. The number of rotatable bonds is 4. The number of carbonyl (C=O) groups excluding carboxylic acids is 1.